The number of aldehydes is 1. The quantitative estimate of drug-likeness (QED) is 0.691. The van der Waals surface area contributed by atoms with E-state index in [1.807, 2.05) is 0 Å². The van der Waals surface area contributed by atoms with Gasteiger partial charge >= 0.3 is 6.18 Å². The maximum atomic E-state index is 13.2. The molecule has 2 aromatic carbocycles. The lowest BCUT2D eigenvalue weighted by molar-refractivity contribution is -0.137. The van der Waals surface area contributed by atoms with Crippen LogP contribution in [0.15, 0.2) is 42.5 Å². The van der Waals surface area contributed by atoms with Gasteiger partial charge in [-0.05, 0) is 34.9 Å². The molecule has 116 valence electrons. The summed E-state index contributed by atoms with van der Waals surface area (Å²) in [6.07, 6.45) is -5.89. The van der Waals surface area contributed by atoms with Gasteiger partial charge in [-0.1, -0.05) is 24.3 Å². The molecule has 0 bridgehead atoms. The van der Waals surface area contributed by atoms with Gasteiger partial charge in [-0.2, -0.15) is 13.2 Å². The van der Waals surface area contributed by atoms with E-state index in [2.05, 4.69) is 0 Å². The second kappa shape index (κ2) is 6.27. The van der Waals surface area contributed by atoms with Gasteiger partial charge in [-0.25, -0.2) is 4.39 Å². The van der Waals surface area contributed by atoms with Gasteiger partial charge in [0, 0.05) is 6.42 Å². The first-order valence-corrected chi connectivity index (χ1v) is 6.40. The van der Waals surface area contributed by atoms with Crippen LogP contribution < -0.4 is 0 Å². The summed E-state index contributed by atoms with van der Waals surface area (Å²) in [7, 11) is 0. The van der Waals surface area contributed by atoms with Crippen LogP contribution in [-0.2, 0) is 17.4 Å². The molecule has 2 rings (SSSR count). The van der Waals surface area contributed by atoms with E-state index in [9.17, 15) is 27.5 Å². The second-order valence-corrected chi connectivity index (χ2v) is 4.79. The first kappa shape index (κ1) is 16.2. The molecule has 0 spiro atoms. The number of aliphatic hydroxyl groups excluding tert-OH is 1. The number of rotatable bonds is 4. The Hall–Kier alpha value is -2.21. The van der Waals surface area contributed by atoms with E-state index >= 15 is 0 Å². The molecular weight excluding hydrogens is 300 g/mol. The van der Waals surface area contributed by atoms with E-state index in [0.717, 1.165) is 18.2 Å². The standard InChI is InChI=1S/C16H12F4O2/c17-12-4-2-11(3-5-12)14-6-1-10(7-13(22)9-21)8-15(14)16(18,19)20/h1-6,8-9,13,22H,7H2/t13-/m0/s1. The third-order valence-corrected chi connectivity index (χ3v) is 3.15. The normalized spacial score (nSPS) is 13.0. The summed E-state index contributed by atoms with van der Waals surface area (Å²) >= 11 is 0. The predicted molar refractivity (Wildman–Crippen MR) is 72.6 cm³/mol. The van der Waals surface area contributed by atoms with Crippen LogP contribution in [0.25, 0.3) is 11.1 Å². The first-order valence-electron chi connectivity index (χ1n) is 6.40. The van der Waals surface area contributed by atoms with Crippen LogP contribution >= 0.6 is 0 Å². The number of aliphatic hydroxyl groups is 1. The summed E-state index contributed by atoms with van der Waals surface area (Å²) < 4.78 is 52.5. The minimum Gasteiger partial charge on any atom is -0.385 e. The summed E-state index contributed by atoms with van der Waals surface area (Å²) in [5, 5.41) is 9.23. The molecule has 0 radical (unpaired) electrons. The Bertz CT molecular complexity index is 663. The Kier molecular flexibility index (Phi) is 4.61. The zero-order valence-corrected chi connectivity index (χ0v) is 11.3. The Morgan fingerprint density at radius 1 is 1.09 bits per heavy atom. The van der Waals surface area contributed by atoms with Gasteiger partial charge in [-0.3, -0.25) is 0 Å². The molecule has 1 atom stereocenters. The highest BCUT2D eigenvalue weighted by Gasteiger charge is 2.34. The van der Waals surface area contributed by atoms with E-state index in [4.69, 9.17) is 0 Å². The highest BCUT2D eigenvalue weighted by molar-refractivity contribution is 5.68. The molecule has 0 unspecified atom stereocenters. The highest BCUT2D eigenvalue weighted by atomic mass is 19.4. The number of carbonyl (C=O) groups is 1. The molecule has 6 heteroatoms. The van der Waals surface area contributed by atoms with E-state index in [1.54, 1.807) is 0 Å². The zero-order chi connectivity index (χ0) is 16.3. The molecule has 0 aliphatic carbocycles. The van der Waals surface area contributed by atoms with Gasteiger partial charge < -0.3 is 9.90 Å². The van der Waals surface area contributed by atoms with Crippen molar-refractivity contribution < 1.29 is 27.5 Å². The average Bonchev–Trinajstić information content (AvgIpc) is 2.47. The van der Waals surface area contributed by atoms with Crippen LogP contribution in [0, 0.1) is 5.82 Å². The van der Waals surface area contributed by atoms with E-state index in [-0.39, 0.29) is 29.4 Å². The van der Waals surface area contributed by atoms with Crippen LogP contribution in [0.1, 0.15) is 11.1 Å². The van der Waals surface area contributed by atoms with Crippen molar-refractivity contribution in [3.63, 3.8) is 0 Å². The predicted octanol–water partition coefficient (Wildman–Crippen LogP) is 3.61. The number of halogens is 4. The molecule has 2 aromatic rings. The molecule has 2 nitrogen and oxygen atoms in total. The average molecular weight is 312 g/mol. The van der Waals surface area contributed by atoms with Crippen LogP contribution in [0.3, 0.4) is 0 Å². The van der Waals surface area contributed by atoms with Gasteiger partial charge in [0.05, 0.1) is 5.56 Å². The van der Waals surface area contributed by atoms with Crippen LogP contribution in [0.4, 0.5) is 17.6 Å². The molecule has 0 aromatic heterocycles. The van der Waals surface area contributed by atoms with Crippen LogP contribution in [-0.4, -0.2) is 17.5 Å². The zero-order valence-electron chi connectivity index (χ0n) is 11.3. The lowest BCUT2D eigenvalue weighted by Gasteiger charge is -2.15. The molecule has 0 saturated carbocycles. The van der Waals surface area contributed by atoms with Crippen LogP contribution in [0.5, 0.6) is 0 Å². The van der Waals surface area contributed by atoms with E-state index in [0.29, 0.717) is 0 Å². The van der Waals surface area contributed by atoms with Gasteiger partial charge in [-0.15, -0.1) is 0 Å². The van der Waals surface area contributed by atoms with Crippen molar-refractivity contribution in [3.05, 3.63) is 59.4 Å². The van der Waals surface area contributed by atoms with Gasteiger partial charge in [0.2, 0.25) is 0 Å². The maximum absolute atomic E-state index is 13.2. The van der Waals surface area contributed by atoms with Crippen molar-refractivity contribution in [2.24, 2.45) is 0 Å². The molecule has 0 aliphatic heterocycles. The topological polar surface area (TPSA) is 37.3 Å². The lowest BCUT2D eigenvalue weighted by Crippen LogP contribution is -2.13. The van der Waals surface area contributed by atoms with Gasteiger partial charge in [0.25, 0.3) is 0 Å². The summed E-state index contributed by atoms with van der Waals surface area (Å²) in [5.41, 5.74) is -0.555. The molecule has 0 amide bonds. The summed E-state index contributed by atoms with van der Waals surface area (Å²) in [6.45, 7) is 0. The third kappa shape index (κ3) is 3.71. The van der Waals surface area contributed by atoms with Gasteiger partial charge in [0.15, 0.2) is 0 Å². The maximum Gasteiger partial charge on any atom is 0.417 e. The second-order valence-electron chi connectivity index (χ2n) is 4.79. The van der Waals surface area contributed by atoms with Crippen molar-refractivity contribution in [1.82, 2.24) is 0 Å². The van der Waals surface area contributed by atoms with Gasteiger partial charge in [0.1, 0.15) is 18.2 Å². The molecular formula is C16H12F4O2. The molecule has 22 heavy (non-hydrogen) atoms. The fraction of sp³-hybridized carbons (Fsp3) is 0.188. The number of alkyl halides is 3. The SMILES string of the molecule is O=C[C@@H](O)Cc1ccc(-c2ccc(F)cc2)c(C(F)(F)F)c1. The van der Waals surface area contributed by atoms with Crippen molar-refractivity contribution in [2.45, 2.75) is 18.7 Å². The monoisotopic (exact) mass is 312 g/mol. The summed E-state index contributed by atoms with van der Waals surface area (Å²) in [6, 6.07) is 8.24. The Morgan fingerprint density at radius 2 is 1.73 bits per heavy atom. The molecule has 0 fully saturated rings. The fourth-order valence-corrected chi connectivity index (χ4v) is 2.12. The van der Waals surface area contributed by atoms with Crippen molar-refractivity contribution in [2.75, 3.05) is 0 Å². The van der Waals surface area contributed by atoms with Crippen molar-refractivity contribution in [3.8, 4) is 11.1 Å². The highest BCUT2D eigenvalue weighted by Crippen LogP contribution is 2.37. The first-order chi connectivity index (χ1) is 10.3. The Morgan fingerprint density at radius 3 is 2.27 bits per heavy atom. The molecule has 1 N–H and O–H groups in total. The molecule has 0 aliphatic rings. The van der Waals surface area contributed by atoms with E-state index < -0.39 is 23.7 Å². The summed E-state index contributed by atoms with van der Waals surface area (Å²) in [4.78, 5) is 10.4. The smallest absolute Gasteiger partial charge is 0.385 e. The lowest BCUT2D eigenvalue weighted by atomic mass is 9.95. The fourth-order valence-electron chi connectivity index (χ4n) is 2.12. The number of benzene rings is 2. The Balaban J connectivity index is 2.50. The molecule has 0 heterocycles. The van der Waals surface area contributed by atoms with E-state index in [1.165, 1.54) is 24.3 Å². The summed E-state index contributed by atoms with van der Waals surface area (Å²) in [5.74, 6) is -0.539. The Labute approximate surface area is 124 Å². The third-order valence-electron chi connectivity index (χ3n) is 3.15. The minimum atomic E-state index is -4.61. The van der Waals surface area contributed by atoms with Crippen molar-refractivity contribution >= 4 is 6.29 Å². The number of hydrogen-bond acceptors (Lipinski definition) is 2. The minimum absolute atomic E-state index is 0.0863. The number of carbonyl (C=O) groups excluding carboxylic acids is 1. The number of hydrogen-bond donors (Lipinski definition) is 1. The largest absolute Gasteiger partial charge is 0.417 e. The van der Waals surface area contributed by atoms with Crippen LogP contribution in [0.2, 0.25) is 0 Å². The van der Waals surface area contributed by atoms with Crippen molar-refractivity contribution in [1.29, 1.82) is 0 Å². The molecule has 0 saturated heterocycles.